The van der Waals surface area contributed by atoms with E-state index in [2.05, 4.69) is 0 Å². The number of nitrogens with two attached hydrogens (primary N) is 2. The molecule has 0 spiro atoms. The summed E-state index contributed by atoms with van der Waals surface area (Å²) in [6.45, 7) is 0. The molecule has 13 N–H and O–H groups in total. The molecule has 6 atom stereocenters. The van der Waals surface area contributed by atoms with Gasteiger partial charge in [-0.3, -0.25) is 14.3 Å². The van der Waals surface area contributed by atoms with Crippen LogP contribution in [0.5, 0.6) is 0 Å². The number of rotatable bonds is 13. The second-order valence-corrected chi connectivity index (χ2v) is 10.7. The van der Waals surface area contributed by atoms with Gasteiger partial charge in [-0.2, -0.15) is 13.2 Å². The van der Waals surface area contributed by atoms with Gasteiger partial charge in [-0.1, -0.05) is 0 Å². The minimum Gasteiger partial charge on any atom is -0.478 e. The average molecular weight is 674 g/mol. The van der Waals surface area contributed by atoms with E-state index in [4.69, 9.17) is 11.5 Å². The molecule has 0 bridgehead atoms. The number of aliphatic hydroxyl groups excluding tert-OH is 6. The Hall–Kier alpha value is -4.45. The van der Waals surface area contributed by atoms with E-state index in [-0.39, 0.29) is 18.2 Å². The Labute approximate surface area is 247 Å². The number of primary amides is 2. The topological polar surface area (TPSA) is 328 Å². The minimum absolute atomic E-state index is 0.0856. The zero-order valence-electron chi connectivity index (χ0n) is 21.9. The number of anilines is 1. The van der Waals surface area contributed by atoms with Crippen LogP contribution in [0.1, 0.15) is 49.6 Å². The molecular weight excluding hydrogens is 650 g/mol. The predicted octanol–water partition coefficient (Wildman–Crippen LogP) is -2.48. The lowest BCUT2D eigenvalue weighted by molar-refractivity contribution is -0.138. The molecule has 0 heterocycles. The fraction of sp³-hybridized carbons (Fsp3) is 0.304. The summed E-state index contributed by atoms with van der Waals surface area (Å²) in [4.78, 5) is 45.6. The van der Waals surface area contributed by atoms with Crippen molar-refractivity contribution >= 4 is 39.5 Å². The highest BCUT2D eigenvalue weighted by molar-refractivity contribution is 7.92. The summed E-state index contributed by atoms with van der Waals surface area (Å²) in [6, 6.07) is 0.369. The second-order valence-electron chi connectivity index (χ2n) is 9.09. The van der Waals surface area contributed by atoms with Gasteiger partial charge in [0.15, 0.2) is 12.2 Å². The average Bonchev–Trinajstić information content (AvgIpc) is 2.93. The van der Waals surface area contributed by atoms with E-state index >= 15 is 0 Å². The highest BCUT2D eigenvalue weighted by Gasteiger charge is 2.43. The van der Waals surface area contributed by atoms with Crippen molar-refractivity contribution in [1.29, 1.82) is 0 Å². The van der Waals surface area contributed by atoms with Crippen LogP contribution in [0.2, 0.25) is 0 Å². The lowest BCUT2D eigenvalue weighted by Crippen LogP contribution is -2.44. The maximum absolute atomic E-state index is 13.6. The number of carboxylic acid groups (broad SMARTS) is 2. The van der Waals surface area contributed by atoms with Crippen LogP contribution in [-0.4, -0.2) is 97.4 Å². The van der Waals surface area contributed by atoms with Gasteiger partial charge in [-0.15, -0.1) is 0 Å². The third-order valence-electron chi connectivity index (χ3n) is 6.10. The monoisotopic (exact) mass is 673 g/mol. The van der Waals surface area contributed by atoms with Gasteiger partial charge in [0.1, 0.15) is 30.2 Å². The molecule has 0 fully saturated rings. The number of aliphatic hydroxyl groups is 6. The highest BCUT2D eigenvalue weighted by Crippen LogP contribution is 2.40. The van der Waals surface area contributed by atoms with Gasteiger partial charge in [0.05, 0.1) is 27.3 Å². The fourth-order valence-corrected chi connectivity index (χ4v) is 5.35. The number of amides is 2. The first-order valence-corrected chi connectivity index (χ1v) is 13.2. The van der Waals surface area contributed by atoms with Crippen molar-refractivity contribution in [3.63, 3.8) is 0 Å². The lowest BCUT2D eigenvalue weighted by atomic mass is 9.85. The molecule has 0 saturated carbocycles. The van der Waals surface area contributed by atoms with Crippen LogP contribution in [0.25, 0.3) is 0 Å². The van der Waals surface area contributed by atoms with Gasteiger partial charge < -0.3 is 52.3 Å². The quantitative estimate of drug-likeness (QED) is 0.0982. The summed E-state index contributed by atoms with van der Waals surface area (Å²) < 4.78 is 82.5. The van der Waals surface area contributed by atoms with E-state index in [1.807, 2.05) is 0 Å². The SMILES string of the molecule is NC(=O)C(O)C(O)C(O)c1c(C(=O)O)cc(S(=O)(=O)Nc2ccc(F)cc2C(F)(F)F)c(C(O)C(O)C(O)C(N)=O)c1C(=O)O. The third-order valence-corrected chi connectivity index (χ3v) is 7.51. The molecule has 0 aromatic heterocycles. The molecule has 0 saturated heterocycles. The summed E-state index contributed by atoms with van der Waals surface area (Å²) in [6.07, 6.45) is -23.0. The van der Waals surface area contributed by atoms with Gasteiger partial charge in [-0.05, 0) is 24.3 Å². The number of nitrogens with one attached hydrogen (secondary N) is 1. The van der Waals surface area contributed by atoms with Crippen molar-refractivity contribution in [3.05, 3.63) is 57.9 Å². The zero-order valence-corrected chi connectivity index (χ0v) is 22.7. The summed E-state index contributed by atoms with van der Waals surface area (Å²) in [5, 5.41) is 81.4. The van der Waals surface area contributed by atoms with Gasteiger partial charge in [0.2, 0.25) is 11.8 Å². The maximum Gasteiger partial charge on any atom is 0.418 e. The number of sulfonamides is 1. The van der Waals surface area contributed by atoms with Crippen molar-refractivity contribution < 1.29 is 86.0 Å². The number of halogens is 4. The van der Waals surface area contributed by atoms with Gasteiger partial charge in [0, 0.05) is 11.1 Å². The number of carboxylic acids is 2. The summed E-state index contributed by atoms with van der Waals surface area (Å²) in [5.41, 5.74) is -0.481. The Morgan fingerprint density at radius 2 is 1.24 bits per heavy atom. The van der Waals surface area contributed by atoms with Crippen LogP contribution in [0.15, 0.2) is 29.2 Å². The molecule has 17 nitrogen and oxygen atoms in total. The Morgan fingerprint density at radius 1 is 0.778 bits per heavy atom. The predicted molar refractivity (Wildman–Crippen MR) is 135 cm³/mol. The van der Waals surface area contributed by atoms with E-state index in [1.165, 1.54) is 4.72 Å². The Bertz CT molecular complexity index is 1640. The van der Waals surface area contributed by atoms with E-state index in [0.717, 1.165) is 0 Å². The number of hydrogen-bond donors (Lipinski definition) is 11. The van der Waals surface area contributed by atoms with Crippen LogP contribution >= 0.6 is 0 Å². The molecule has 2 rings (SSSR count). The van der Waals surface area contributed by atoms with Crippen molar-refractivity contribution in [1.82, 2.24) is 0 Å². The summed E-state index contributed by atoms with van der Waals surface area (Å²) in [5.74, 6) is -9.86. The molecule has 2 aromatic carbocycles. The molecule has 45 heavy (non-hydrogen) atoms. The first-order valence-electron chi connectivity index (χ1n) is 11.7. The zero-order chi connectivity index (χ0) is 34.9. The second kappa shape index (κ2) is 13.3. The first kappa shape index (κ1) is 36.7. The Balaban J connectivity index is 3.14. The third kappa shape index (κ3) is 7.62. The number of hydrogen-bond acceptors (Lipinski definition) is 12. The molecule has 0 aliphatic rings. The smallest absolute Gasteiger partial charge is 0.418 e. The van der Waals surface area contributed by atoms with Gasteiger partial charge >= 0.3 is 18.1 Å². The molecule has 0 aliphatic carbocycles. The molecule has 2 aromatic rings. The van der Waals surface area contributed by atoms with Crippen LogP contribution in [0.4, 0.5) is 23.2 Å². The normalized spacial score (nSPS) is 16.1. The van der Waals surface area contributed by atoms with Crippen molar-refractivity contribution in [2.24, 2.45) is 11.5 Å². The molecule has 0 aliphatic heterocycles. The van der Waals surface area contributed by atoms with Crippen LogP contribution < -0.4 is 16.2 Å². The van der Waals surface area contributed by atoms with Crippen LogP contribution in [-0.2, 0) is 25.8 Å². The van der Waals surface area contributed by atoms with E-state index < -0.39 is 121 Å². The summed E-state index contributed by atoms with van der Waals surface area (Å²) in [7, 11) is -5.80. The number of aromatic carboxylic acids is 2. The number of alkyl halides is 3. The van der Waals surface area contributed by atoms with Gasteiger partial charge in [-0.25, -0.2) is 22.4 Å². The number of carbonyl (C=O) groups excluding carboxylic acids is 2. The summed E-state index contributed by atoms with van der Waals surface area (Å²) >= 11 is 0. The van der Waals surface area contributed by atoms with Crippen LogP contribution in [0, 0.1) is 5.82 Å². The van der Waals surface area contributed by atoms with Gasteiger partial charge in [0.25, 0.3) is 10.0 Å². The highest BCUT2D eigenvalue weighted by atomic mass is 32.2. The number of benzene rings is 2. The largest absolute Gasteiger partial charge is 0.478 e. The fourth-order valence-electron chi connectivity index (χ4n) is 3.98. The van der Waals surface area contributed by atoms with Crippen molar-refractivity contribution in [2.75, 3.05) is 4.72 Å². The lowest BCUT2D eigenvalue weighted by Gasteiger charge is -2.29. The van der Waals surface area contributed by atoms with Crippen molar-refractivity contribution in [3.8, 4) is 0 Å². The van der Waals surface area contributed by atoms with Crippen LogP contribution in [0.3, 0.4) is 0 Å². The minimum atomic E-state index is -5.80. The Morgan fingerprint density at radius 3 is 1.64 bits per heavy atom. The molecule has 22 heteroatoms. The molecule has 0 radical (unpaired) electrons. The molecule has 2 amide bonds. The molecular formula is C23H23F4N3O14S. The first-order chi connectivity index (χ1) is 20.4. The number of carbonyl (C=O) groups is 4. The standard InChI is InChI=1S/C23H23F4N3O14S/c24-5-1-2-8(7(3-5)23(25,26)27)30-45(43,44)9-4-6(21(39)40)10(13(31)15(33)17(35)19(28)37)12(22(41)42)11(9)14(32)16(34)18(36)20(29)38/h1-4,13-18,30-36H,(H2,28,37)(H2,29,38)(H,39,40)(H,41,42). The van der Waals surface area contributed by atoms with E-state index in [0.29, 0.717) is 6.07 Å². The van der Waals surface area contributed by atoms with E-state index in [9.17, 15) is 86.0 Å². The molecule has 248 valence electrons. The Kier molecular flexibility index (Phi) is 10.8. The van der Waals surface area contributed by atoms with E-state index in [1.54, 1.807) is 0 Å². The molecule has 6 unspecified atom stereocenters. The maximum atomic E-state index is 13.6. The van der Waals surface area contributed by atoms with Crippen molar-refractivity contribution in [2.45, 2.75) is 47.7 Å².